The predicted molar refractivity (Wildman–Crippen MR) is 113 cm³/mol. The summed E-state index contributed by atoms with van der Waals surface area (Å²) in [6.07, 6.45) is 2.51. The second-order valence-electron chi connectivity index (χ2n) is 7.32. The summed E-state index contributed by atoms with van der Waals surface area (Å²) >= 11 is 0. The number of rotatable bonds is 7. The SMILES string of the molecule is CCc1cc(-c2c(F)cc3c(=O)c(C(=O)O)cn([C@@H](CC)CO)c3c2F)cc(CC)n1. The fourth-order valence-electron chi connectivity index (χ4n) is 3.72. The van der Waals surface area contributed by atoms with E-state index in [9.17, 15) is 19.8 Å². The van der Waals surface area contributed by atoms with Crippen molar-refractivity contribution in [3.05, 3.63) is 63.2 Å². The number of aliphatic hydroxyl groups excluding tert-OH is 1. The molecular weight excluding hydrogens is 406 g/mol. The Morgan fingerprint density at radius 3 is 2.23 bits per heavy atom. The number of benzene rings is 1. The van der Waals surface area contributed by atoms with Crippen LogP contribution in [0.15, 0.2) is 29.2 Å². The summed E-state index contributed by atoms with van der Waals surface area (Å²) in [7, 11) is 0. The summed E-state index contributed by atoms with van der Waals surface area (Å²) < 4.78 is 32.2. The van der Waals surface area contributed by atoms with Crippen LogP contribution in [0.5, 0.6) is 0 Å². The lowest BCUT2D eigenvalue weighted by Gasteiger charge is -2.22. The lowest BCUT2D eigenvalue weighted by atomic mass is 9.98. The second-order valence-corrected chi connectivity index (χ2v) is 7.32. The minimum atomic E-state index is -1.51. The van der Waals surface area contributed by atoms with Crippen LogP contribution in [0.3, 0.4) is 0 Å². The molecule has 0 radical (unpaired) electrons. The average molecular weight is 430 g/mol. The van der Waals surface area contributed by atoms with Gasteiger partial charge in [-0.05, 0) is 43.0 Å². The summed E-state index contributed by atoms with van der Waals surface area (Å²) in [6.45, 7) is 5.10. The van der Waals surface area contributed by atoms with Crippen LogP contribution in [-0.2, 0) is 12.8 Å². The Balaban J connectivity index is 2.48. The Labute approximate surface area is 177 Å². The van der Waals surface area contributed by atoms with E-state index in [1.54, 1.807) is 19.1 Å². The zero-order chi connectivity index (χ0) is 22.9. The molecule has 1 atom stereocenters. The number of aromatic carboxylic acids is 1. The topological polar surface area (TPSA) is 92.4 Å². The van der Waals surface area contributed by atoms with E-state index in [4.69, 9.17) is 0 Å². The summed E-state index contributed by atoms with van der Waals surface area (Å²) in [5.41, 5.74) is -0.504. The highest BCUT2D eigenvalue weighted by atomic mass is 19.1. The smallest absolute Gasteiger partial charge is 0.341 e. The number of carbonyl (C=O) groups is 1. The van der Waals surface area contributed by atoms with Crippen LogP contribution in [0.2, 0.25) is 0 Å². The van der Waals surface area contributed by atoms with Gasteiger partial charge in [0.2, 0.25) is 5.43 Å². The summed E-state index contributed by atoms with van der Waals surface area (Å²) in [6, 6.07) is 3.39. The molecule has 6 nitrogen and oxygen atoms in total. The van der Waals surface area contributed by atoms with Crippen molar-refractivity contribution in [2.75, 3.05) is 6.61 Å². The predicted octanol–water partition coefficient (Wildman–Crippen LogP) is 4.11. The molecule has 0 amide bonds. The number of halogens is 2. The molecular formula is C23H24F2N2O4. The van der Waals surface area contributed by atoms with E-state index in [1.165, 1.54) is 4.57 Å². The molecule has 2 heterocycles. The Morgan fingerprint density at radius 2 is 1.74 bits per heavy atom. The Morgan fingerprint density at radius 1 is 1.13 bits per heavy atom. The Hall–Kier alpha value is -3.13. The van der Waals surface area contributed by atoms with Crippen LogP contribution >= 0.6 is 0 Å². The van der Waals surface area contributed by atoms with E-state index in [0.717, 1.165) is 12.3 Å². The van der Waals surface area contributed by atoms with Gasteiger partial charge in [0, 0.05) is 17.6 Å². The van der Waals surface area contributed by atoms with Gasteiger partial charge in [0.25, 0.3) is 0 Å². The molecule has 3 rings (SSSR count). The number of carboxylic acid groups (broad SMARTS) is 1. The summed E-state index contributed by atoms with van der Waals surface area (Å²) in [5, 5.41) is 18.8. The molecule has 1 aromatic carbocycles. The van der Waals surface area contributed by atoms with Crippen molar-refractivity contribution in [2.45, 2.75) is 46.1 Å². The molecule has 2 N–H and O–H groups in total. The Bertz CT molecular complexity index is 1190. The first-order valence-electron chi connectivity index (χ1n) is 10.2. The third-order valence-corrected chi connectivity index (χ3v) is 5.46. The molecule has 0 fully saturated rings. The van der Waals surface area contributed by atoms with Gasteiger partial charge in [-0.1, -0.05) is 20.8 Å². The second kappa shape index (κ2) is 8.93. The van der Waals surface area contributed by atoms with E-state index < -0.39 is 41.2 Å². The molecule has 0 aliphatic carbocycles. The van der Waals surface area contributed by atoms with Crippen molar-refractivity contribution >= 4 is 16.9 Å². The maximum atomic E-state index is 15.8. The Kier molecular flexibility index (Phi) is 6.50. The van der Waals surface area contributed by atoms with Gasteiger partial charge in [-0.3, -0.25) is 9.78 Å². The van der Waals surface area contributed by atoms with E-state index in [-0.39, 0.29) is 16.5 Å². The monoisotopic (exact) mass is 430 g/mol. The van der Waals surface area contributed by atoms with Crippen LogP contribution in [0.25, 0.3) is 22.0 Å². The minimum Gasteiger partial charge on any atom is -0.477 e. The number of hydrogen-bond donors (Lipinski definition) is 2. The molecule has 164 valence electrons. The molecule has 31 heavy (non-hydrogen) atoms. The highest BCUT2D eigenvalue weighted by Gasteiger charge is 2.25. The maximum Gasteiger partial charge on any atom is 0.341 e. The molecule has 0 unspecified atom stereocenters. The fraction of sp³-hybridized carbons (Fsp3) is 0.348. The summed E-state index contributed by atoms with van der Waals surface area (Å²) in [4.78, 5) is 28.7. The van der Waals surface area contributed by atoms with Crippen LogP contribution < -0.4 is 5.43 Å². The third-order valence-electron chi connectivity index (χ3n) is 5.46. The van der Waals surface area contributed by atoms with Crippen molar-refractivity contribution in [2.24, 2.45) is 0 Å². The molecule has 0 saturated heterocycles. The normalized spacial score (nSPS) is 12.3. The van der Waals surface area contributed by atoms with Crippen LogP contribution in [0.4, 0.5) is 8.78 Å². The van der Waals surface area contributed by atoms with Gasteiger partial charge in [-0.15, -0.1) is 0 Å². The van der Waals surface area contributed by atoms with Gasteiger partial charge in [0.15, 0.2) is 5.82 Å². The van der Waals surface area contributed by atoms with Gasteiger partial charge >= 0.3 is 5.97 Å². The first-order chi connectivity index (χ1) is 14.8. The third kappa shape index (κ3) is 3.95. The number of pyridine rings is 2. The summed E-state index contributed by atoms with van der Waals surface area (Å²) in [5.74, 6) is -3.46. The molecule has 0 spiro atoms. The number of fused-ring (bicyclic) bond motifs is 1. The number of aromatic nitrogens is 2. The molecule has 0 saturated carbocycles. The molecule has 3 aromatic rings. The van der Waals surface area contributed by atoms with Crippen LogP contribution in [-0.4, -0.2) is 32.3 Å². The standard InChI is InChI=1S/C23H24F2N2O4/c1-4-13-7-12(8-14(5-2)26-13)19-18(24)9-16-21(20(19)25)27(15(6-3)11-28)10-17(22(16)29)23(30)31/h7-10,15,28H,4-6,11H2,1-3H3,(H,30,31)/t15-/m0/s1. The van der Waals surface area contributed by atoms with Gasteiger partial charge in [0.1, 0.15) is 11.4 Å². The lowest BCUT2D eigenvalue weighted by Crippen LogP contribution is -2.23. The number of aryl methyl sites for hydroxylation is 2. The number of nitrogens with zero attached hydrogens (tertiary/aromatic N) is 2. The number of carboxylic acids is 1. The first kappa shape index (κ1) is 22.6. The molecule has 0 bridgehead atoms. The zero-order valence-electron chi connectivity index (χ0n) is 17.6. The van der Waals surface area contributed by atoms with Crippen molar-refractivity contribution in [3.8, 4) is 11.1 Å². The molecule has 0 aliphatic rings. The first-order valence-corrected chi connectivity index (χ1v) is 10.2. The highest BCUT2D eigenvalue weighted by molar-refractivity contribution is 5.94. The van der Waals surface area contributed by atoms with Crippen molar-refractivity contribution in [3.63, 3.8) is 0 Å². The maximum absolute atomic E-state index is 15.8. The lowest BCUT2D eigenvalue weighted by molar-refractivity contribution is 0.0694. The zero-order valence-corrected chi connectivity index (χ0v) is 17.6. The molecule has 0 aliphatic heterocycles. The minimum absolute atomic E-state index is 0.236. The van der Waals surface area contributed by atoms with Crippen molar-refractivity contribution in [1.29, 1.82) is 0 Å². The van der Waals surface area contributed by atoms with Gasteiger partial charge in [-0.2, -0.15) is 0 Å². The number of hydrogen-bond acceptors (Lipinski definition) is 4. The van der Waals surface area contributed by atoms with Crippen LogP contribution in [0.1, 0.15) is 55.0 Å². The quantitative estimate of drug-likeness (QED) is 0.589. The van der Waals surface area contributed by atoms with Gasteiger partial charge < -0.3 is 14.8 Å². The fourth-order valence-corrected chi connectivity index (χ4v) is 3.72. The molecule has 8 heteroatoms. The van der Waals surface area contributed by atoms with Gasteiger partial charge in [-0.25, -0.2) is 13.6 Å². The van der Waals surface area contributed by atoms with E-state index in [1.807, 2.05) is 13.8 Å². The molecule has 2 aromatic heterocycles. The van der Waals surface area contributed by atoms with Crippen molar-refractivity contribution < 1.29 is 23.8 Å². The van der Waals surface area contributed by atoms with Crippen LogP contribution in [0, 0.1) is 11.6 Å². The average Bonchev–Trinajstić information content (AvgIpc) is 2.75. The largest absolute Gasteiger partial charge is 0.477 e. The highest BCUT2D eigenvalue weighted by Crippen LogP contribution is 2.33. The van der Waals surface area contributed by atoms with E-state index >= 15 is 8.78 Å². The van der Waals surface area contributed by atoms with E-state index in [0.29, 0.717) is 36.2 Å². The number of aliphatic hydroxyl groups is 1. The van der Waals surface area contributed by atoms with E-state index in [2.05, 4.69) is 4.98 Å². The van der Waals surface area contributed by atoms with Crippen molar-refractivity contribution in [1.82, 2.24) is 9.55 Å². The van der Waals surface area contributed by atoms with Gasteiger partial charge in [0.05, 0.1) is 29.1 Å².